The van der Waals surface area contributed by atoms with E-state index >= 15 is 0 Å². The highest BCUT2D eigenvalue weighted by atomic mass is 35.5. The van der Waals surface area contributed by atoms with Crippen molar-refractivity contribution in [1.29, 1.82) is 5.26 Å². The summed E-state index contributed by atoms with van der Waals surface area (Å²) in [7, 11) is 0. The second kappa shape index (κ2) is 3.33. The van der Waals surface area contributed by atoms with Crippen molar-refractivity contribution < 1.29 is 10.2 Å². The minimum absolute atomic E-state index is 0.0558. The fourth-order valence-corrected chi connectivity index (χ4v) is 1.07. The molecule has 2 N–H and O–H groups in total. The predicted molar refractivity (Wildman–Crippen MR) is 44.1 cm³/mol. The molecule has 0 spiro atoms. The van der Waals surface area contributed by atoms with E-state index in [1.807, 2.05) is 6.07 Å². The zero-order valence-electron chi connectivity index (χ0n) is 6.08. The maximum Gasteiger partial charge on any atom is 0.176 e. The van der Waals surface area contributed by atoms with Gasteiger partial charge in [0.15, 0.2) is 11.5 Å². The van der Waals surface area contributed by atoms with E-state index in [1.54, 1.807) is 0 Å². The largest absolute Gasteiger partial charge is 0.504 e. The molecule has 3 nitrogen and oxygen atoms in total. The molecule has 12 heavy (non-hydrogen) atoms. The number of benzene rings is 1. The van der Waals surface area contributed by atoms with Crippen LogP contribution in [0.2, 0.25) is 5.02 Å². The number of rotatable bonds is 1. The average Bonchev–Trinajstić information content (AvgIpc) is 2.01. The molecule has 1 rings (SSSR count). The Morgan fingerprint density at radius 2 is 2.08 bits per heavy atom. The Morgan fingerprint density at radius 3 is 2.58 bits per heavy atom. The van der Waals surface area contributed by atoms with Gasteiger partial charge in [-0.3, -0.25) is 0 Å². The number of nitriles is 1. The van der Waals surface area contributed by atoms with Crippen molar-refractivity contribution in [2.45, 2.75) is 6.42 Å². The van der Waals surface area contributed by atoms with E-state index in [4.69, 9.17) is 27.1 Å². The lowest BCUT2D eigenvalue weighted by atomic mass is 10.1. The van der Waals surface area contributed by atoms with Crippen LogP contribution in [0.1, 0.15) is 5.56 Å². The van der Waals surface area contributed by atoms with Crippen molar-refractivity contribution in [1.82, 2.24) is 0 Å². The van der Waals surface area contributed by atoms with E-state index in [0.29, 0.717) is 5.56 Å². The number of aromatic hydroxyl groups is 2. The van der Waals surface area contributed by atoms with Crippen LogP contribution in [-0.4, -0.2) is 10.2 Å². The van der Waals surface area contributed by atoms with E-state index < -0.39 is 0 Å². The second-order valence-electron chi connectivity index (χ2n) is 2.28. The zero-order chi connectivity index (χ0) is 9.14. The van der Waals surface area contributed by atoms with Gasteiger partial charge >= 0.3 is 0 Å². The zero-order valence-corrected chi connectivity index (χ0v) is 6.84. The molecule has 0 aliphatic heterocycles. The van der Waals surface area contributed by atoms with Gasteiger partial charge in [-0.1, -0.05) is 11.6 Å². The van der Waals surface area contributed by atoms with Crippen LogP contribution < -0.4 is 0 Å². The molecule has 0 aliphatic rings. The molecule has 0 saturated carbocycles. The molecule has 0 bridgehead atoms. The van der Waals surface area contributed by atoms with Crippen LogP contribution in [0.5, 0.6) is 11.5 Å². The van der Waals surface area contributed by atoms with Gasteiger partial charge in [0.1, 0.15) is 0 Å². The summed E-state index contributed by atoms with van der Waals surface area (Å²) in [6.45, 7) is 0. The highest BCUT2D eigenvalue weighted by molar-refractivity contribution is 6.32. The standard InChI is InChI=1S/C8H6ClNO2/c9-6-3-5(1-2-10)4-7(11)8(6)12/h3-4,11-12H,1H2. The molecule has 0 aromatic heterocycles. The van der Waals surface area contributed by atoms with E-state index in [9.17, 15) is 0 Å². The fourth-order valence-electron chi connectivity index (χ4n) is 0.832. The summed E-state index contributed by atoms with van der Waals surface area (Å²) in [6.07, 6.45) is 0.160. The first kappa shape index (κ1) is 8.69. The first-order valence-corrected chi connectivity index (χ1v) is 3.60. The molecule has 0 amide bonds. The number of hydrogen-bond donors (Lipinski definition) is 2. The van der Waals surface area contributed by atoms with Crippen molar-refractivity contribution in [3.05, 3.63) is 22.7 Å². The van der Waals surface area contributed by atoms with Crippen LogP contribution >= 0.6 is 11.6 Å². The maximum atomic E-state index is 9.06. The van der Waals surface area contributed by atoms with Crippen LogP contribution in [-0.2, 0) is 6.42 Å². The molecule has 0 atom stereocenters. The highest BCUT2D eigenvalue weighted by Gasteiger charge is 2.06. The van der Waals surface area contributed by atoms with Gasteiger partial charge in [-0.15, -0.1) is 0 Å². The van der Waals surface area contributed by atoms with Gasteiger partial charge in [-0.2, -0.15) is 5.26 Å². The summed E-state index contributed by atoms with van der Waals surface area (Å²) in [5, 5.41) is 26.5. The molecular weight excluding hydrogens is 178 g/mol. The Kier molecular flexibility index (Phi) is 2.41. The first-order chi connectivity index (χ1) is 5.65. The third kappa shape index (κ3) is 1.60. The van der Waals surface area contributed by atoms with Crippen LogP contribution in [0, 0.1) is 11.3 Å². The van der Waals surface area contributed by atoms with E-state index in [1.165, 1.54) is 12.1 Å². The van der Waals surface area contributed by atoms with Gasteiger partial charge in [-0.25, -0.2) is 0 Å². The summed E-state index contributed by atoms with van der Waals surface area (Å²) in [5.74, 6) is -0.647. The van der Waals surface area contributed by atoms with Crippen LogP contribution in [0.4, 0.5) is 0 Å². The monoisotopic (exact) mass is 183 g/mol. The number of phenolic OH excluding ortho intramolecular Hbond substituents is 2. The summed E-state index contributed by atoms with van der Waals surface area (Å²) < 4.78 is 0. The Balaban J connectivity index is 3.14. The fraction of sp³-hybridized carbons (Fsp3) is 0.125. The van der Waals surface area contributed by atoms with Crippen molar-refractivity contribution in [2.24, 2.45) is 0 Å². The Labute approximate surface area is 74.4 Å². The normalized spacial score (nSPS) is 9.33. The molecular formula is C8H6ClNO2. The summed E-state index contributed by atoms with van der Waals surface area (Å²) in [4.78, 5) is 0. The SMILES string of the molecule is N#CCc1cc(O)c(O)c(Cl)c1. The molecule has 0 radical (unpaired) electrons. The lowest BCUT2D eigenvalue weighted by Gasteiger charge is -2.01. The van der Waals surface area contributed by atoms with Gasteiger partial charge in [0.2, 0.25) is 0 Å². The lowest BCUT2D eigenvalue weighted by molar-refractivity contribution is 0.403. The number of halogens is 1. The van der Waals surface area contributed by atoms with Crippen molar-refractivity contribution in [3.63, 3.8) is 0 Å². The lowest BCUT2D eigenvalue weighted by Crippen LogP contribution is -1.81. The third-order valence-electron chi connectivity index (χ3n) is 1.39. The van der Waals surface area contributed by atoms with Gasteiger partial charge in [-0.05, 0) is 17.7 Å². The third-order valence-corrected chi connectivity index (χ3v) is 1.67. The highest BCUT2D eigenvalue weighted by Crippen LogP contribution is 2.33. The molecule has 0 heterocycles. The number of phenols is 2. The molecule has 62 valence electrons. The van der Waals surface area contributed by atoms with Crippen LogP contribution in [0.15, 0.2) is 12.1 Å². The second-order valence-corrected chi connectivity index (χ2v) is 2.69. The van der Waals surface area contributed by atoms with Crippen molar-refractivity contribution in [3.8, 4) is 17.6 Å². The van der Waals surface area contributed by atoms with Gasteiger partial charge in [0.05, 0.1) is 17.5 Å². The van der Waals surface area contributed by atoms with Crippen molar-refractivity contribution in [2.75, 3.05) is 0 Å². The first-order valence-electron chi connectivity index (χ1n) is 3.22. The molecule has 0 fully saturated rings. The van der Waals surface area contributed by atoms with Gasteiger partial charge < -0.3 is 10.2 Å². The summed E-state index contributed by atoms with van der Waals surface area (Å²) in [5.41, 5.74) is 0.581. The van der Waals surface area contributed by atoms with Crippen LogP contribution in [0.25, 0.3) is 0 Å². The summed E-state index contributed by atoms with van der Waals surface area (Å²) >= 11 is 5.54. The average molecular weight is 184 g/mol. The Hall–Kier alpha value is -1.40. The Bertz CT molecular complexity index is 320. The minimum atomic E-state index is -0.349. The molecule has 0 aliphatic carbocycles. The maximum absolute atomic E-state index is 9.06. The predicted octanol–water partition coefficient (Wildman–Crippen LogP) is 1.82. The van der Waals surface area contributed by atoms with E-state index in [-0.39, 0.29) is 22.9 Å². The van der Waals surface area contributed by atoms with Crippen LogP contribution in [0.3, 0.4) is 0 Å². The molecule has 4 heteroatoms. The summed E-state index contributed by atoms with van der Waals surface area (Å²) in [6, 6.07) is 4.66. The van der Waals surface area contributed by atoms with E-state index in [2.05, 4.69) is 0 Å². The number of hydrogen-bond acceptors (Lipinski definition) is 3. The molecule has 0 unspecified atom stereocenters. The molecule has 1 aromatic carbocycles. The van der Waals surface area contributed by atoms with Crippen molar-refractivity contribution >= 4 is 11.6 Å². The quantitative estimate of drug-likeness (QED) is 0.653. The topological polar surface area (TPSA) is 64.2 Å². The number of nitrogens with zero attached hydrogens (tertiary/aromatic N) is 1. The van der Waals surface area contributed by atoms with E-state index in [0.717, 1.165) is 0 Å². The van der Waals surface area contributed by atoms with Gasteiger partial charge in [0, 0.05) is 0 Å². The minimum Gasteiger partial charge on any atom is -0.504 e. The smallest absolute Gasteiger partial charge is 0.176 e. The molecule has 0 saturated heterocycles. The Morgan fingerprint density at radius 1 is 1.42 bits per heavy atom. The van der Waals surface area contributed by atoms with Gasteiger partial charge in [0.25, 0.3) is 0 Å². The molecule has 1 aromatic rings.